The van der Waals surface area contributed by atoms with Crippen molar-refractivity contribution < 1.29 is 4.42 Å². The van der Waals surface area contributed by atoms with Crippen molar-refractivity contribution in [2.24, 2.45) is 0 Å². The van der Waals surface area contributed by atoms with Crippen LogP contribution < -0.4 is 11.1 Å². The molecule has 0 saturated heterocycles. The highest BCUT2D eigenvalue weighted by Gasteiger charge is 2.03. The summed E-state index contributed by atoms with van der Waals surface area (Å²) in [4.78, 5) is 17.8. The first-order chi connectivity index (χ1) is 9.26. The first-order valence-corrected chi connectivity index (χ1v) is 6.12. The Morgan fingerprint density at radius 3 is 3.21 bits per heavy atom. The smallest absolute Gasteiger partial charge is 0.408 e. The lowest BCUT2D eigenvalue weighted by atomic mass is 10.3. The molecule has 0 amide bonds. The second kappa shape index (κ2) is 4.64. The number of nitrogens with zero attached hydrogens (tertiary/aromatic N) is 2. The van der Waals surface area contributed by atoms with Crippen LogP contribution in [0.1, 0.15) is 12.6 Å². The molecule has 0 fully saturated rings. The van der Waals surface area contributed by atoms with Crippen LogP contribution in [0.15, 0.2) is 39.9 Å². The molecule has 0 spiro atoms. The molecule has 0 bridgehead atoms. The van der Waals surface area contributed by atoms with Crippen molar-refractivity contribution in [3.05, 3.63) is 47.0 Å². The average Bonchev–Trinajstić information content (AvgIpc) is 3.00. The second-order valence-electron chi connectivity index (χ2n) is 4.25. The number of H-pyrrole nitrogens is 1. The topological polar surface area (TPSA) is 75.8 Å². The monoisotopic (exact) mass is 258 g/mol. The highest BCUT2D eigenvalue weighted by molar-refractivity contribution is 5.76. The largest absolute Gasteiger partial charge is 0.417 e. The number of anilines is 1. The molecule has 0 saturated carbocycles. The molecule has 0 atom stereocenters. The van der Waals surface area contributed by atoms with Crippen molar-refractivity contribution in [3.8, 4) is 0 Å². The van der Waals surface area contributed by atoms with E-state index in [1.807, 2.05) is 24.7 Å². The molecule has 2 N–H and O–H groups in total. The maximum Gasteiger partial charge on any atom is 0.417 e. The van der Waals surface area contributed by atoms with E-state index in [1.165, 1.54) is 0 Å². The minimum absolute atomic E-state index is 0.434. The van der Waals surface area contributed by atoms with E-state index in [4.69, 9.17) is 4.42 Å². The van der Waals surface area contributed by atoms with Gasteiger partial charge in [-0.3, -0.25) is 4.98 Å². The van der Waals surface area contributed by atoms with E-state index in [0.29, 0.717) is 17.6 Å². The van der Waals surface area contributed by atoms with Crippen LogP contribution in [0.25, 0.3) is 11.1 Å². The van der Waals surface area contributed by atoms with Crippen molar-refractivity contribution in [2.45, 2.75) is 20.0 Å². The fourth-order valence-corrected chi connectivity index (χ4v) is 2.03. The van der Waals surface area contributed by atoms with Gasteiger partial charge in [-0.05, 0) is 25.1 Å². The van der Waals surface area contributed by atoms with Crippen molar-refractivity contribution in [1.82, 2.24) is 14.5 Å². The van der Waals surface area contributed by atoms with Gasteiger partial charge < -0.3 is 14.3 Å². The van der Waals surface area contributed by atoms with Crippen LogP contribution in [0.3, 0.4) is 0 Å². The number of hydrogen-bond acceptors (Lipinski definition) is 4. The second-order valence-corrected chi connectivity index (χ2v) is 4.25. The SMILES string of the molecule is CCn1cncc1CNc1ccc2oc(=O)[nH]c2c1. The van der Waals surface area contributed by atoms with E-state index in [1.54, 1.807) is 6.07 Å². The zero-order chi connectivity index (χ0) is 13.2. The van der Waals surface area contributed by atoms with Crippen molar-refractivity contribution in [1.29, 1.82) is 0 Å². The summed E-state index contributed by atoms with van der Waals surface area (Å²) >= 11 is 0. The number of hydrogen-bond donors (Lipinski definition) is 2. The van der Waals surface area contributed by atoms with Gasteiger partial charge in [-0.15, -0.1) is 0 Å². The fourth-order valence-electron chi connectivity index (χ4n) is 2.03. The molecular formula is C13H14N4O2. The molecule has 3 aromatic rings. The normalized spacial score (nSPS) is 11.0. The van der Waals surface area contributed by atoms with E-state index >= 15 is 0 Å². The van der Waals surface area contributed by atoms with Crippen molar-refractivity contribution in [3.63, 3.8) is 0 Å². The maximum atomic E-state index is 11.1. The Morgan fingerprint density at radius 1 is 1.47 bits per heavy atom. The lowest BCUT2D eigenvalue weighted by molar-refractivity contribution is 0.555. The minimum atomic E-state index is -0.434. The summed E-state index contributed by atoms with van der Waals surface area (Å²) in [5, 5.41) is 3.30. The van der Waals surface area contributed by atoms with Gasteiger partial charge in [0.2, 0.25) is 0 Å². The average molecular weight is 258 g/mol. The van der Waals surface area contributed by atoms with E-state index < -0.39 is 5.76 Å². The number of nitrogens with one attached hydrogen (secondary N) is 2. The number of imidazole rings is 1. The highest BCUT2D eigenvalue weighted by atomic mass is 16.4. The summed E-state index contributed by atoms with van der Waals surface area (Å²) < 4.78 is 7.03. The van der Waals surface area contributed by atoms with Crippen LogP contribution in [-0.2, 0) is 13.1 Å². The summed E-state index contributed by atoms with van der Waals surface area (Å²) in [5.74, 6) is -0.434. The van der Waals surface area contributed by atoms with Gasteiger partial charge in [-0.2, -0.15) is 0 Å². The third-order valence-electron chi connectivity index (χ3n) is 3.03. The summed E-state index contributed by atoms with van der Waals surface area (Å²) in [6, 6.07) is 5.51. The van der Waals surface area contributed by atoms with Crippen LogP contribution in [-0.4, -0.2) is 14.5 Å². The lowest BCUT2D eigenvalue weighted by Gasteiger charge is -2.08. The van der Waals surface area contributed by atoms with Gasteiger partial charge in [-0.1, -0.05) is 0 Å². The molecule has 0 unspecified atom stereocenters. The molecule has 2 heterocycles. The van der Waals surface area contributed by atoms with Gasteiger partial charge in [0.05, 0.1) is 24.1 Å². The number of aromatic nitrogens is 3. The number of fused-ring (bicyclic) bond motifs is 1. The Bertz CT molecular complexity index is 753. The molecular weight excluding hydrogens is 244 g/mol. The first-order valence-electron chi connectivity index (χ1n) is 6.12. The molecule has 2 aromatic heterocycles. The quantitative estimate of drug-likeness (QED) is 0.750. The Morgan fingerprint density at radius 2 is 2.37 bits per heavy atom. The van der Waals surface area contributed by atoms with Crippen LogP contribution in [0, 0.1) is 0 Å². The van der Waals surface area contributed by atoms with Gasteiger partial charge in [0.25, 0.3) is 0 Å². The molecule has 98 valence electrons. The van der Waals surface area contributed by atoms with Crippen LogP contribution in [0.5, 0.6) is 0 Å². The highest BCUT2D eigenvalue weighted by Crippen LogP contribution is 2.16. The molecule has 6 nitrogen and oxygen atoms in total. The fraction of sp³-hybridized carbons (Fsp3) is 0.231. The van der Waals surface area contributed by atoms with Gasteiger partial charge in [-0.25, -0.2) is 9.78 Å². The molecule has 0 aliphatic rings. The third-order valence-corrected chi connectivity index (χ3v) is 3.03. The Balaban J connectivity index is 1.79. The van der Waals surface area contributed by atoms with Crippen LogP contribution in [0.4, 0.5) is 5.69 Å². The molecule has 0 radical (unpaired) electrons. The predicted octanol–water partition coefficient (Wildman–Crippen LogP) is 1.95. The van der Waals surface area contributed by atoms with Crippen molar-refractivity contribution >= 4 is 16.8 Å². The van der Waals surface area contributed by atoms with E-state index in [9.17, 15) is 4.79 Å². The summed E-state index contributed by atoms with van der Waals surface area (Å²) in [6.07, 6.45) is 3.66. The molecule has 1 aromatic carbocycles. The standard InChI is InChI=1S/C13H14N4O2/c1-2-17-8-14-6-10(17)7-15-9-3-4-12-11(5-9)16-13(18)19-12/h3-6,8,15H,2,7H2,1H3,(H,16,18). The van der Waals surface area contributed by atoms with Gasteiger partial charge in [0.1, 0.15) is 0 Å². The van der Waals surface area contributed by atoms with Crippen LogP contribution >= 0.6 is 0 Å². The maximum absolute atomic E-state index is 11.1. The first kappa shape index (κ1) is 11.6. The number of rotatable bonds is 4. The lowest BCUT2D eigenvalue weighted by Crippen LogP contribution is -2.05. The molecule has 6 heteroatoms. The Labute approximate surface area is 109 Å². The summed E-state index contributed by atoms with van der Waals surface area (Å²) in [5.41, 5.74) is 3.30. The van der Waals surface area contributed by atoms with E-state index in [-0.39, 0.29) is 0 Å². The predicted molar refractivity (Wildman–Crippen MR) is 72.1 cm³/mol. The molecule has 3 rings (SSSR count). The minimum Gasteiger partial charge on any atom is -0.408 e. The van der Waals surface area contributed by atoms with Crippen LogP contribution in [0.2, 0.25) is 0 Å². The van der Waals surface area contributed by atoms with Gasteiger partial charge in [0, 0.05) is 18.4 Å². The summed E-state index contributed by atoms with van der Waals surface area (Å²) in [7, 11) is 0. The zero-order valence-corrected chi connectivity index (χ0v) is 10.5. The van der Waals surface area contributed by atoms with Crippen molar-refractivity contribution in [2.75, 3.05) is 5.32 Å². The number of benzene rings is 1. The van der Waals surface area contributed by atoms with E-state index in [0.717, 1.165) is 17.9 Å². The summed E-state index contributed by atoms with van der Waals surface area (Å²) in [6.45, 7) is 3.65. The van der Waals surface area contributed by atoms with Gasteiger partial charge >= 0.3 is 5.76 Å². The van der Waals surface area contributed by atoms with Gasteiger partial charge in [0.15, 0.2) is 5.58 Å². The molecule has 0 aliphatic carbocycles. The molecule has 19 heavy (non-hydrogen) atoms. The zero-order valence-electron chi connectivity index (χ0n) is 10.5. The number of aryl methyl sites for hydroxylation is 1. The Kier molecular flexibility index (Phi) is 2.83. The number of oxazole rings is 1. The number of aromatic amines is 1. The Hall–Kier alpha value is -2.50. The third kappa shape index (κ3) is 2.24. The molecule has 0 aliphatic heterocycles. The van der Waals surface area contributed by atoms with E-state index in [2.05, 4.69) is 26.8 Å².